The molecule has 0 saturated heterocycles. The minimum Gasteiger partial charge on any atom is -0.463 e. The summed E-state index contributed by atoms with van der Waals surface area (Å²) >= 11 is 0. The molecule has 16 nitrogen and oxygen atoms in total. The summed E-state index contributed by atoms with van der Waals surface area (Å²) in [6, 6.07) is 0. The van der Waals surface area contributed by atoms with Gasteiger partial charge in [-0.25, -0.2) is 9.13 Å². The summed E-state index contributed by atoms with van der Waals surface area (Å²) in [5.41, 5.74) is 0. The zero-order chi connectivity index (χ0) is 70.9. The normalized spacial score (nSPS) is 15.1. The first-order chi connectivity index (χ1) is 47.2. The maximum Gasteiger partial charge on any atom is 0.472 e. The monoisotopic (exact) mass is 1390 g/mol. The largest absolute Gasteiger partial charge is 0.472 e. The second-order valence-electron chi connectivity index (χ2n) is 23.6. The van der Waals surface area contributed by atoms with Gasteiger partial charge in [0, 0.05) is 19.3 Å². The molecule has 0 heterocycles. The molecule has 550 valence electrons. The number of esters is 3. The van der Waals surface area contributed by atoms with Crippen molar-refractivity contribution in [2.45, 2.75) is 270 Å². The standard InChI is InChI=1S/C79H128O16P2/c1-4-7-10-13-16-19-22-25-28-31-34-35-36-37-40-42-44-47-50-53-56-59-62-65-77(82)89-68-74(80)69-91-96(85,86)92-70-75(81)71-93-97(87,88)94-73-76(95-79(84)67-64-61-58-55-52-49-46-43-39-33-30-27-24-21-18-15-12-9-6-3)72-90-78(83)66-63-60-57-54-51-48-45-41-38-32-29-26-23-20-17-14-11-8-5-2/h8-9,11-12,16-21,25-30,34-35,37-41,43,48-49,51-52,74-76,80-81H,4-7,10,13-15,22-24,31-33,36,42,44-47,50,53-73H2,1-3H3,(H,85,86)(H,87,88)/b11-8-,12-9-,19-16-,20-17-,21-18-,28-25-,29-26-,30-27-,35-34-,40-37-,41-38-,43-39-,51-48-,52-49-. The van der Waals surface area contributed by atoms with Crippen LogP contribution in [0.1, 0.15) is 252 Å². The van der Waals surface area contributed by atoms with Gasteiger partial charge in [0.1, 0.15) is 25.4 Å². The van der Waals surface area contributed by atoms with Crippen LogP contribution in [0, 0.1) is 0 Å². The van der Waals surface area contributed by atoms with Crippen LogP contribution >= 0.6 is 15.6 Å². The molecule has 97 heavy (non-hydrogen) atoms. The van der Waals surface area contributed by atoms with Crippen LogP contribution in [0.5, 0.6) is 0 Å². The average molecular weight is 1400 g/mol. The number of phosphoric ester groups is 2. The number of ether oxygens (including phenoxy) is 3. The lowest BCUT2D eigenvalue weighted by Gasteiger charge is -2.21. The molecule has 0 bridgehead atoms. The van der Waals surface area contributed by atoms with Crippen molar-refractivity contribution in [3.05, 3.63) is 170 Å². The fourth-order valence-corrected chi connectivity index (χ4v) is 10.5. The van der Waals surface area contributed by atoms with E-state index in [0.29, 0.717) is 19.3 Å². The second-order valence-corrected chi connectivity index (χ2v) is 26.5. The quantitative estimate of drug-likeness (QED) is 0.0146. The number of hydrogen-bond donors (Lipinski definition) is 4. The van der Waals surface area contributed by atoms with Crippen molar-refractivity contribution >= 4 is 33.6 Å². The summed E-state index contributed by atoms with van der Waals surface area (Å²) in [6.07, 6.45) is 88.2. The molecule has 5 atom stereocenters. The lowest BCUT2D eigenvalue weighted by Crippen LogP contribution is -2.30. The highest BCUT2D eigenvalue weighted by Crippen LogP contribution is 2.45. The predicted molar refractivity (Wildman–Crippen MR) is 398 cm³/mol. The van der Waals surface area contributed by atoms with Crippen LogP contribution in [0.25, 0.3) is 0 Å². The SMILES string of the molecule is CC/C=C\C/C=C\C/C=C\C/C=C\C/C=C\CCCCCC(=O)OCC(COP(=O)(O)OCC(O)COP(=O)(O)OCC(O)COC(=O)CCCCCCCCC/C=C\C/C=C\C/C=C\C/C=C\CCCCC)OC(=O)CCCCC/C=C\C/C=C\C/C=C\C/C=C\C/C=C\CC. The Morgan fingerprint density at radius 1 is 0.299 bits per heavy atom. The summed E-state index contributed by atoms with van der Waals surface area (Å²) in [7, 11) is -9.82. The van der Waals surface area contributed by atoms with Gasteiger partial charge in [-0.3, -0.25) is 32.5 Å². The predicted octanol–water partition coefficient (Wildman–Crippen LogP) is 20.9. The minimum atomic E-state index is -4.96. The van der Waals surface area contributed by atoms with Gasteiger partial charge in [0.05, 0.1) is 26.4 Å². The smallest absolute Gasteiger partial charge is 0.463 e. The Hall–Kier alpha value is -5.09. The van der Waals surface area contributed by atoms with E-state index < -0.39 is 91.5 Å². The number of rotatable bonds is 67. The van der Waals surface area contributed by atoms with E-state index in [1.165, 1.54) is 25.7 Å². The molecule has 0 fully saturated rings. The Kier molecular flexibility index (Phi) is 67.0. The third-order valence-electron chi connectivity index (χ3n) is 14.4. The Labute approximate surface area is 586 Å². The molecular formula is C79H128O16P2. The number of carbonyl (C=O) groups is 3. The first-order valence-corrected chi connectivity index (χ1v) is 39.4. The van der Waals surface area contributed by atoms with Crippen molar-refractivity contribution in [2.75, 3.05) is 39.6 Å². The highest BCUT2D eigenvalue weighted by molar-refractivity contribution is 7.47. The molecule has 0 rings (SSSR count). The van der Waals surface area contributed by atoms with Crippen molar-refractivity contribution in [1.82, 2.24) is 0 Å². The van der Waals surface area contributed by atoms with Gasteiger partial charge in [0.2, 0.25) is 0 Å². The zero-order valence-corrected chi connectivity index (χ0v) is 61.5. The third kappa shape index (κ3) is 72.0. The zero-order valence-electron chi connectivity index (χ0n) is 59.7. The minimum absolute atomic E-state index is 0.0501. The van der Waals surface area contributed by atoms with Gasteiger partial charge >= 0.3 is 33.6 Å². The van der Waals surface area contributed by atoms with Gasteiger partial charge in [0.15, 0.2) is 6.10 Å². The average Bonchev–Trinajstić information content (AvgIpc) is 1.62. The number of allylic oxidation sites excluding steroid dienone is 28. The Balaban J connectivity index is 4.77. The molecule has 4 N–H and O–H groups in total. The lowest BCUT2D eigenvalue weighted by atomic mass is 10.1. The molecule has 0 amide bonds. The Morgan fingerprint density at radius 2 is 0.546 bits per heavy atom. The topological polar surface area (TPSA) is 231 Å². The maximum absolute atomic E-state index is 13.0. The summed E-state index contributed by atoms with van der Waals surface area (Å²) in [4.78, 5) is 58.5. The molecule has 5 unspecified atom stereocenters. The van der Waals surface area contributed by atoms with Crippen LogP contribution in [0.15, 0.2) is 170 Å². The maximum atomic E-state index is 13.0. The first kappa shape index (κ1) is 91.9. The highest BCUT2D eigenvalue weighted by atomic mass is 31.2. The van der Waals surface area contributed by atoms with Crippen LogP contribution < -0.4 is 0 Å². The van der Waals surface area contributed by atoms with E-state index in [0.717, 1.165) is 167 Å². The molecule has 0 spiro atoms. The number of aliphatic hydroxyl groups is 2. The van der Waals surface area contributed by atoms with Crippen molar-refractivity contribution in [3.8, 4) is 0 Å². The van der Waals surface area contributed by atoms with Gasteiger partial charge in [0.25, 0.3) is 0 Å². The van der Waals surface area contributed by atoms with E-state index >= 15 is 0 Å². The van der Waals surface area contributed by atoms with Crippen molar-refractivity contribution in [1.29, 1.82) is 0 Å². The lowest BCUT2D eigenvalue weighted by molar-refractivity contribution is -0.161. The molecular weight excluding hydrogens is 1270 g/mol. The van der Waals surface area contributed by atoms with Gasteiger partial charge < -0.3 is 34.2 Å². The van der Waals surface area contributed by atoms with Gasteiger partial charge in [-0.15, -0.1) is 0 Å². The number of hydrogen-bond acceptors (Lipinski definition) is 14. The highest BCUT2D eigenvalue weighted by Gasteiger charge is 2.29. The second kappa shape index (κ2) is 70.8. The van der Waals surface area contributed by atoms with Gasteiger partial charge in [-0.05, 0) is 154 Å². The van der Waals surface area contributed by atoms with Gasteiger partial charge in [-0.2, -0.15) is 0 Å². The van der Waals surface area contributed by atoms with Crippen molar-refractivity contribution in [3.63, 3.8) is 0 Å². The summed E-state index contributed by atoms with van der Waals surface area (Å²) < 4.78 is 61.0. The molecule has 0 aromatic heterocycles. The van der Waals surface area contributed by atoms with E-state index in [9.17, 15) is 43.5 Å². The van der Waals surface area contributed by atoms with Crippen LogP contribution in [-0.2, 0) is 55.8 Å². The fraction of sp³-hybridized carbons (Fsp3) is 0.608. The van der Waals surface area contributed by atoms with E-state index in [1.807, 2.05) is 0 Å². The van der Waals surface area contributed by atoms with E-state index in [2.05, 4.69) is 191 Å². The molecule has 0 radical (unpaired) electrons. The van der Waals surface area contributed by atoms with Gasteiger partial charge in [-0.1, -0.05) is 249 Å². The Bertz CT molecular complexity index is 2440. The van der Waals surface area contributed by atoms with Crippen LogP contribution in [0.3, 0.4) is 0 Å². The Morgan fingerprint density at radius 3 is 0.876 bits per heavy atom. The van der Waals surface area contributed by atoms with Crippen molar-refractivity contribution < 1.29 is 75.8 Å². The number of aliphatic hydroxyl groups excluding tert-OH is 2. The van der Waals surface area contributed by atoms with Crippen LogP contribution in [0.4, 0.5) is 0 Å². The number of unbranched alkanes of at least 4 members (excludes halogenated alkanes) is 16. The first-order valence-electron chi connectivity index (χ1n) is 36.4. The summed E-state index contributed by atoms with van der Waals surface area (Å²) in [6.45, 7) is 2.30. The molecule has 0 aliphatic rings. The molecule has 0 saturated carbocycles. The molecule has 0 aliphatic carbocycles. The number of carbonyl (C=O) groups excluding carboxylic acids is 3. The van der Waals surface area contributed by atoms with Crippen LogP contribution in [0.2, 0.25) is 0 Å². The number of phosphoric acid groups is 2. The summed E-state index contributed by atoms with van der Waals surface area (Å²) in [5.74, 6) is -1.67. The van der Waals surface area contributed by atoms with Crippen LogP contribution in [-0.4, -0.2) is 95.9 Å². The fourth-order valence-electron chi connectivity index (χ4n) is 8.90. The third-order valence-corrected chi connectivity index (χ3v) is 16.3. The van der Waals surface area contributed by atoms with E-state index in [4.69, 9.17) is 32.3 Å². The van der Waals surface area contributed by atoms with Crippen molar-refractivity contribution in [2.24, 2.45) is 0 Å². The van der Waals surface area contributed by atoms with E-state index in [-0.39, 0.29) is 19.3 Å². The molecule has 0 aliphatic heterocycles. The summed E-state index contributed by atoms with van der Waals surface area (Å²) in [5, 5.41) is 20.6. The molecule has 18 heteroatoms. The van der Waals surface area contributed by atoms with E-state index in [1.54, 1.807) is 0 Å². The molecule has 0 aromatic carbocycles. The molecule has 0 aromatic rings.